The number of amides is 1. The van der Waals surface area contributed by atoms with Crippen molar-refractivity contribution in [1.82, 2.24) is 4.90 Å². The van der Waals surface area contributed by atoms with Gasteiger partial charge in [0.25, 0.3) is 15.9 Å². The Morgan fingerprint density at radius 1 is 1.06 bits per heavy atom. The summed E-state index contributed by atoms with van der Waals surface area (Å²) in [5, 5.41) is 0. The van der Waals surface area contributed by atoms with Crippen molar-refractivity contribution in [3.63, 3.8) is 0 Å². The Morgan fingerprint density at radius 2 is 1.69 bits per heavy atom. The molecule has 2 fully saturated rings. The second kappa shape index (κ2) is 9.21. The number of sulfonamides is 1. The predicted octanol–water partition coefficient (Wildman–Crippen LogP) is 5.00. The van der Waals surface area contributed by atoms with Gasteiger partial charge in [-0.1, -0.05) is 50.6 Å². The molecular formula is C28H36N2O5S. The molecule has 1 N–H and O–H groups in total. The molecule has 7 nitrogen and oxygen atoms in total. The first-order chi connectivity index (χ1) is 16.7. The summed E-state index contributed by atoms with van der Waals surface area (Å²) in [4.78, 5) is 28.0. The molecule has 2 aromatic rings. The third kappa shape index (κ3) is 5.28. The van der Waals surface area contributed by atoms with Crippen LogP contribution in [0.5, 0.6) is 0 Å². The number of ether oxygens (including phenoxy) is 1. The SMILES string of the molecule is Cc1cc(C)c(S(=O)(=O)Nc2ccccc2C(=O)OCC(=O)N2CC3(C)CC2CC(C)(C)C3)c(C)c1. The minimum atomic E-state index is -3.95. The van der Waals surface area contributed by atoms with Crippen molar-refractivity contribution in [3.05, 3.63) is 58.7 Å². The molecule has 1 heterocycles. The van der Waals surface area contributed by atoms with Gasteiger partial charge < -0.3 is 9.64 Å². The van der Waals surface area contributed by atoms with Crippen LogP contribution < -0.4 is 4.72 Å². The molecule has 2 bridgehead atoms. The number of hydrogen-bond donors (Lipinski definition) is 1. The van der Waals surface area contributed by atoms with Gasteiger partial charge in [0.05, 0.1) is 16.1 Å². The topological polar surface area (TPSA) is 92.8 Å². The molecule has 2 aromatic carbocycles. The molecule has 0 aromatic heterocycles. The average Bonchev–Trinajstić information content (AvgIpc) is 2.99. The maximum atomic E-state index is 13.2. The highest BCUT2D eigenvalue weighted by atomic mass is 32.2. The molecule has 2 atom stereocenters. The first-order valence-electron chi connectivity index (χ1n) is 12.4. The third-order valence-electron chi connectivity index (χ3n) is 7.33. The van der Waals surface area contributed by atoms with Crippen LogP contribution in [0.3, 0.4) is 0 Å². The molecule has 2 aliphatic rings. The fourth-order valence-corrected chi connectivity index (χ4v) is 8.11. The molecule has 1 saturated carbocycles. The van der Waals surface area contributed by atoms with E-state index in [4.69, 9.17) is 4.74 Å². The first kappa shape index (κ1) is 26.2. The van der Waals surface area contributed by atoms with Gasteiger partial charge in [0.2, 0.25) is 0 Å². The number of para-hydroxylation sites is 1. The minimum Gasteiger partial charge on any atom is -0.452 e. The quantitative estimate of drug-likeness (QED) is 0.550. The fraction of sp³-hybridized carbons (Fsp3) is 0.500. The Labute approximate surface area is 214 Å². The van der Waals surface area contributed by atoms with E-state index in [-0.39, 0.29) is 45.5 Å². The van der Waals surface area contributed by atoms with Crippen molar-refractivity contribution in [1.29, 1.82) is 0 Å². The molecule has 0 spiro atoms. The Hall–Kier alpha value is -2.87. The number of carbonyl (C=O) groups excluding carboxylic acids is 2. The summed E-state index contributed by atoms with van der Waals surface area (Å²) in [6.45, 7) is 12.4. The van der Waals surface area contributed by atoms with Crippen molar-refractivity contribution in [2.75, 3.05) is 17.9 Å². The number of carbonyl (C=O) groups is 2. The lowest BCUT2D eigenvalue weighted by Crippen LogP contribution is -2.39. The average molecular weight is 513 g/mol. The maximum absolute atomic E-state index is 13.2. The molecule has 4 rings (SSSR count). The van der Waals surface area contributed by atoms with E-state index in [0.717, 1.165) is 24.8 Å². The highest BCUT2D eigenvalue weighted by Crippen LogP contribution is 2.52. The van der Waals surface area contributed by atoms with Crippen LogP contribution in [0.4, 0.5) is 5.69 Å². The summed E-state index contributed by atoms with van der Waals surface area (Å²) in [5.41, 5.74) is 2.65. The van der Waals surface area contributed by atoms with E-state index in [2.05, 4.69) is 25.5 Å². The van der Waals surface area contributed by atoms with Crippen molar-refractivity contribution in [3.8, 4) is 0 Å². The van der Waals surface area contributed by atoms with Gasteiger partial charge in [-0.3, -0.25) is 9.52 Å². The molecule has 1 aliphatic heterocycles. The number of fused-ring (bicyclic) bond motifs is 2. The number of nitrogens with one attached hydrogen (secondary N) is 1. The van der Waals surface area contributed by atoms with Crippen LogP contribution in [0, 0.1) is 31.6 Å². The summed E-state index contributed by atoms with van der Waals surface area (Å²) < 4.78 is 34.4. The zero-order valence-corrected chi connectivity index (χ0v) is 22.8. The van der Waals surface area contributed by atoms with Gasteiger partial charge in [0, 0.05) is 12.6 Å². The molecule has 1 saturated heterocycles. The van der Waals surface area contributed by atoms with Gasteiger partial charge in [-0.2, -0.15) is 0 Å². The van der Waals surface area contributed by atoms with Crippen molar-refractivity contribution < 1.29 is 22.7 Å². The normalized spacial score (nSPS) is 22.8. The van der Waals surface area contributed by atoms with Crippen molar-refractivity contribution in [2.24, 2.45) is 10.8 Å². The van der Waals surface area contributed by atoms with Crippen LogP contribution in [0.25, 0.3) is 0 Å². The van der Waals surface area contributed by atoms with Gasteiger partial charge in [-0.25, -0.2) is 13.2 Å². The van der Waals surface area contributed by atoms with E-state index in [1.165, 1.54) is 12.1 Å². The second-order valence-electron chi connectivity index (χ2n) is 11.7. The molecule has 36 heavy (non-hydrogen) atoms. The molecule has 0 radical (unpaired) electrons. The van der Waals surface area contributed by atoms with E-state index in [1.54, 1.807) is 26.0 Å². The van der Waals surface area contributed by atoms with Crippen LogP contribution in [0.15, 0.2) is 41.3 Å². The lowest BCUT2D eigenvalue weighted by atomic mass is 9.65. The first-order valence-corrected chi connectivity index (χ1v) is 13.8. The smallest absolute Gasteiger partial charge is 0.340 e. The number of nitrogens with zero attached hydrogens (tertiary/aromatic N) is 1. The number of hydrogen-bond acceptors (Lipinski definition) is 5. The Kier molecular flexibility index (Phi) is 6.71. The Balaban J connectivity index is 1.48. The van der Waals surface area contributed by atoms with Gasteiger partial charge in [0.1, 0.15) is 0 Å². The van der Waals surface area contributed by atoms with Crippen LogP contribution in [0.1, 0.15) is 67.1 Å². The molecule has 1 amide bonds. The second-order valence-corrected chi connectivity index (χ2v) is 13.3. The third-order valence-corrected chi connectivity index (χ3v) is 9.00. The van der Waals surface area contributed by atoms with Crippen LogP contribution in [-0.2, 0) is 19.6 Å². The van der Waals surface area contributed by atoms with Crippen molar-refractivity contribution >= 4 is 27.6 Å². The van der Waals surface area contributed by atoms with Crippen LogP contribution in [-0.4, -0.2) is 44.4 Å². The van der Waals surface area contributed by atoms with Crippen LogP contribution >= 0.6 is 0 Å². The predicted molar refractivity (Wildman–Crippen MR) is 139 cm³/mol. The van der Waals surface area contributed by atoms with E-state index >= 15 is 0 Å². The zero-order chi connectivity index (χ0) is 26.5. The lowest BCUT2D eigenvalue weighted by molar-refractivity contribution is -0.135. The highest BCUT2D eigenvalue weighted by molar-refractivity contribution is 7.92. The summed E-state index contributed by atoms with van der Waals surface area (Å²) in [5.74, 6) is -0.952. The molecular weight excluding hydrogens is 476 g/mol. The number of aryl methyl sites for hydroxylation is 3. The van der Waals surface area contributed by atoms with E-state index < -0.39 is 16.0 Å². The van der Waals surface area contributed by atoms with Gasteiger partial charge in [-0.05, 0) is 74.1 Å². The fourth-order valence-electron chi connectivity index (χ4n) is 6.58. The number of anilines is 1. The minimum absolute atomic E-state index is 0.0598. The van der Waals surface area contributed by atoms with E-state index in [0.29, 0.717) is 17.7 Å². The molecule has 1 aliphatic carbocycles. The summed E-state index contributed by atoms with van der Waals surface area (Å²) in [7, 11) is -3.95. The Morgan fingerprint density at radius 3 is 2.36 bits per heavy atom. The van der Waals surface area contributed by atoms with Gasteiger partial charge in [-0.15, -0.1) is 0 Å². The maximum Gasteiger partial charge on any atom is 0.340 e. The molecule has 2 unspecified atom stereocenters. The summed E-state index contributed by atoms with van der Waals surface area (Å²) in [6.07, 6.45) is 2.97. The zero-order valence-electron chi connectivity index (χ0n) is 22.0. The van der Waals surface area contributed by atoms with E-state index in [1.807, 2.05) is 24.0 Å². The highest BCUT2D eigenvalue weighted by Gasteiger charge is 2.51. The van der Waals surface area contributed by atoms with Gasteiger partial charge in [0.15, 0.2) is 6.61 Å². The number of benzene rings is 2. The Bertz CT molecular complexity index is 1290. The summed E-state index contributed by atoms with van der Waals surface area (Å²) in [6, 6.07) is 10.1. The molecule has 8 heteroatoms. The largest absolute Gasteiger partial charge is 0.452 e. The monoisotopic (exact) mass is 512 g/mol. The summed E-state index contributed by atoms with van der Waals surface area (Å²) >= 11 is 0. The van der Waals surface area contributed by atoms with Gasteiger partial charge >= 0.3 is 5.97 Å². The number of rotatable bonds is 6. The molecule has 194 valence electrons. The standard InChI is InChI=1S/C28H36N2O5S/c1-18-11-19(2)25(20(3)12-18)36(33,34)29-23-10-8-7-9-22(23)26(32)35-15-24(31)30-17-28(6)14-21(30)13-27(4,5)16-28/h7-12,21,29H,13-17H2,1-6H3. The van der Waals surface area contributed by atoms with Crippen LogP contribution in [0.2, 0.25) is 0 Å². The number of likely N-dealkylation sites (tertiary alicyclic amines) is 1. The number of esters is 1. The lowest BCUT2D eigenvalue weighted by Gasteiger charge is -2.39. The van der Waals surface area contributed by atoms with Crippen molar-refractivity contribution in [2.45, 2.75) is 71.7 Å². The van der Waals surface area contributed by atoms with E-state index in [9.17, 15) is 18.0 Å².